The number of nitrogens with zero attached hydrogens (tertiary/aromatic N) is 1. The second kappa shape index (κ2) is 7.22. The molecule has 0 bridgehead atoms. The van der Waals surface area contributed by atoms with Crippen LogP contribution in [0.25, 0.3) is 0 Å². The van der Waals surface area contributed by atoms with Gasteiger partial charge in [0, 0.05) is 6.20 Å². The molecule has 0 aliphatic rings. The number of carbonyl (C=O) groups excluding carboxylic acids is 2. The Kier molecular flexibility index (Phi) is 5.64. The van der Waals surface area contributed by atoms with Crippen LogP contribution < -0.4 is 10.6 Å². The third-order valence-corrected chi connectivity index (χ3v) is 2.56. The van der Waals surface area contributed by atoms with Crippen molar-refractivity contribution in [1.29, 1.82) is 0 Å². The van der Waals surface area contributed by atoms with Crippen molar-refractivity contribution in [1.82, 2.24) is 15.6 Å². The summed E-state index contributed by atoms with van der Waals surface area (Å²) in [4.78, 5) is 38.0. The van der Waals surface area contributed by atoms with Crippen molar-refractivity contribution >= 4 is 17.8 Å². The van der Waals surface area contributed by atoms with E-state index in [1.165, 1.54) is 12.3 Å². The largest absolute Gasteiger partial charge is 0.480 e. The Labute approximate surface area is 116 Å². The van der Waals surface area contributed by atoms with E-state index >= 15 is 0 Å². The fourth-order valence-corrected chi connectivity index (χ4v) is 1.49. The highest BCUT2D eigenvalue weighted by Crippen LogP contribution is 2.01. The number of hydrogen-bond acceptors (Lipinski definition) is 4. The molecule has 7 nitrogen and oxygen atoms in total. The molecule has 1 heterocycles. The van der Waals surface area contributed by atoms with Crippen LogP contribution in [0.15, 0.2) is 24.4 Å². The molecule has 0 aliphatic heterocycles. The van der Waals surface area contributed by atoms with E-state index < -0.39 is 23.8 Å². The zero-order valence-electron chi connectivity index (χ0n) is 11.3. The Morgan fingerprint density at radius 1 is 1.30 bits per heavy atom. The predicted molar refractivity (Wildman–Crippen MR) is 71.0 cm³/mol. The summed E-state index contributed by atoms with van der Waals surface area (Å²) >= 11 is 0. The molecule has 0 saturated heterocycles. The van der Waals surface area contributed by atoms with E-state index in [-0.39, 0.29) is 18.2 Å². The summed E-state index contributed by atoms with van der Waals surface area (Å²) in [5.41, 5.74) is 0.193. The lowest BCUT2D eigenvalue weighted by Crippen LogP contribution is -2.48. The molecule has 0 unspecified atom stereocenters. The normalized spacial score (nSPS) is 11.8. The molecule has 108 valence electrons. The maximum Gasteiger partial charge on any atom is 0.326 e. The summed E-state index contributed by atoms with van der Waals surface area (Å²) in [5.74, 6) is -2.40. The van der Waals surface area contributed by atoms with Gasteiger partial charge in [0.05, 0.1) is 6.54 Å². The highest BCUT2D eigenvalue weighted by molar-refractivity contribution is 5.95. The number of nitrogens with one attached hydrogen (secondary N) is 2. The Morgan fingerprint density at radius 3 is 2.50 bits per heavy atom. The Hall–Kier alpha value is -2.44. The quantitative estimate of drug-likeness (QED) is 0.681. The van der Waals surface area contributed by atoms with Gasteiger partial charge in [0.1, 0.15) is 11.7 Å². The Morgan fingerprint density at radius 2 is 2.00 bits per heavy atom. The monoisotopic (exact) mass is 279 g/mol. The van der Waals surface area contributed by atoms with Crippen LogP contribution in [0.5, 0.6) is 0 Å². The SMILES string of the molecule is CC(C)[C@H](NC(=O)CNC(=O)c1ccccn1)C(=O)O. The molecule has 0 saturated carbocycles. The van der Waals surface area contributed by atoms with Crippen LogP contribution in [0.3, 0.4) is 0 Å². The minimum atomic E-state index is -1.11. The first-order valence-electron chi connectivity index (χ1n) is 6.13. The van der Waals surface area contributed by atoms with Gasteiger partial charge in [0.15, 0.2) is 0 Å². The number of carbonyl (C=O) groups is 3. The summed E-state index contributed by atoms with van der Waals surface area (Å²) in [6.07, 6.45) is 1.47. The molecule has 1 aromatic rings. The first-order valence-corrected chi connectivity index (χ1v) is 6.13. The van der Waals surface area contributed by atoms with Crippen LogP contribution in [-0.2, 0) is 9.59 Å². The average Bonchev–Trinajstić information content (AvgIpc) is 2.42. The number of pyridine rings is 1. The van der Waals surface area contributed by atoms with Gasteiger partial charge in [-0.3, -0.25) is 14.6 Å². The van der Waals surface area contributed by atoms with Crippen LogP contribution in [0.4, 0.5) is 0 Å². The summed E-state index contributed by atoms with van der Waals surface area (Å²) in [6.45, 7) is 3.07. The summed E-state index contributed by atoms with van der Waals surface area (Å²) in [6, 6.07) is 3.86. The van der Waals surface area contributed by atoms with Gasteiger partial charge in [-0.05, 0) is 18.1 Å². The van der Waals surface area contributed by atoms with Gasteiger partial charge in [0.2, 0.25) is 5.91 Å². The molecular weight excluding hydrogens is 262 g/mol. The summed E-state index contributed by atoms with van der Waals surface area (Å²) in [5, 5.41) is 13.7. The first kappa shape index (κ1) is 15.6. The van der Waals surface area contributed by atoms with Crippen molar-refractivity contribution < 1.29 is 19.5 Å². The second-order valence-corrected chi connectivity index (χ2v) is 4.53. The van der Waals surface area contributed by atoms with E-state index in [2.05, 4.69) is 15.6 Å². The van der Waals surface area contributed by atoms with E-state index in [1.807, 2.05) is 0 Å². The number of aromatic nitrogens is 1. The number of amides is 2. The molecule has 1 aromatic heterocycles. The van der Waals surface area contributed by atoms with E-state index in [1.54, 1.807) is 26.0 Å². The topological polar surface area (TPSA) is 108 Å². The highest BCUT2D eigenvalue weighted by Gasteiger charge is 2.23. The van der Waals surface area contributed by atoms with E-state index in [4.69, 9.17) is 5.11 Å². The lowest BCUT2D eigenvalue weighted by atomic mass is 10.1. The number of rotatable bonds is 6. The van der Waals surface area contributed by atoms with E-state index in [9.17, 15) is 14.4 Å². The predicted octanol–water partition coefficient (Wildman–Crippen LogP) is 0.0368. The minimum Gasteiger partial charge on any atom is -0.480 e. The van der Waals surface area contributed by atoms with Crippen molar-refractivity contribution in [3.8, 4) is 0 Å². The van der Waals surface area contributed by atoms with Gasteiger partial charge in [-0.2, -0.15) is 0 Å². The average molecular weight is 279 g/mol. The smallest absolute Gasteiger partial charge is 0.326 e. The van der Waals surface area contributed by atoms with Gasteiger partial charge in [-0.25, -0.2) is 4.79 Å². The Bertz CT molecular complexity index is 488. The molecule has 0 aromatic carbocycles. The van der Waals surface area contributed by atoms with Crippen molar-refractivity contribution in [2.24, 2.45) is 5.92 Å². The van der Waals surface area contributed by atoms with Crippen molar-refractivity contribution in [3.05, 3.63) is 30.1 Å². The lowest BCUT2D eigenvalue weighted by Gasteiger charge is -2.17. The minimum absolute atomic E-state index is 0.193. The fourth-order valence-electron chi connectivity index (χ4n) is 1.49. The van der Waals surface area contributed by atoms with Crippen LogP contribution in [0.2, 0.25) is 0 Å². The van der Waals surface area contributed by atoms with Crippen LogP contribution in [0, 0.1) is 5.92 Å². The molecule has 3 N–H and O–H groups in total. The number of carboxylic acids is 1. The van der Waals surface area contributed by atoms with Crippen LogP contribution in [0.1, 0.15) is 24.3 Å². The molecule has 0 fully saturated rings. The maximum absolute atomic E-state index is 11.6. The van der Waals surface area contributed by atoms with Gasteiger partial charge < -0.3 is 15.7 Å². The Balaban J connectivity index is 2.47. The summed E-state index contributed by atoms with van der Waals surface area (Å²) < 4.78 is 0. The van der Waals surface area contributed by atoms with Crippen molar-refractivity contribution in [2.75, 3.05) is 6.54 Å². The van der Waals surface area contributed by atoms with E-state index in [0.717, 1.165) is 0 Å². The van der Waals surface area contributed by atoms with Crippen molar-refractivity contribution in [3.63, 3.8) is 0 Å². The number of carboxylic acid groups (broad SMARTS) is 1. The molecule has 7 heteroatoms. The maximum atomic E-state index is 11.6. The molecule has 0 radical (unpaired) electrons. The zero-order chi connectivity index (χ0) is 15.1. The second-order valence-electron chi connectivity index (χ2n) is 4.53. The zero-order valence-corrected chi connectivity index (χ0v) is 11.3. The first-order chi connectivity index (χ1) is 9.41. The molecule has 0 spiro atoms. The molecule has 2 amide bonds. The lowest BCUT2D eigenvalue weighted by molar-refractivity contribution is -0.142. The van der Waals surface area contributed by atoms with Gasteiger partial charge >= 0.3 is 5.97 Å². The summed E-state index contributed by atoms with van der Waals surface area (Å²) in [7, 11) is 0. The van der Waals surface area contributed by atoms with E-state index in [0.29, 0.717) is 0 Å². The fraction of sp³-hybridized carbons (Fsp3) is 0.385. The molecule has 1 atom stereocenters. The molecule has 0 aliphatic carbocycles. The van der Waals surface area contributed by atoms with Crippen LogP contribution >= 0.6 is 0 Å². The third-order valence-electron chi connectivity index (χ3n) is 2.56. The van der Waals surface area contributed by atoms with Gasteiger partial charge in [0.25, 0.3) is 5.91 Å². The van der Waals surface area contributed by atoms with Crippen LogP contribution in [-0.4, -0.2) is 40.5 Å². The van der Waals surface area contributed by atoms with Gasteiger partial charge in [-0.15, -0.1) is 0 Å². The van der Waals surface area contributed by atoms with Crippen molar-refractivity contribution in [2.45, 2.75) is 19.9 Å². The number of hydrogen-bond donors (Lipinski definition) is 3. The standard InChI is InChI=1S/C13H17N3O4/c1-8(2)11(13(19)20)16-10(17)7-15-12(18)9-5-3-4-6-14-9/h3-6,8,11H,7H2,1-2H3,(H,15,18)(H,16,17)(H,19,20)/t11-/m0/s1. The molecule has 1 rings (SSSR count). The third kappa shape index (κ3) is 4.68. The molecule has 20 heavy (non-hydrogen) atoms. The molecular formula is C13H17N3O4. The number of aliphatic carboxylic acids is 1. The van der Waals surface area contributed by atoms with Gasteiger partial charge in [-0.1, -0.05) is 19.9 Å². The highest BCUT2D eigenvalue weighted by atomic mass is 16.4.